The van der Waals surface area contributed by atoms with Crippen molar-refractivity contribution in [3.8, 4) is 5.75 Å². The first-order chi connectivity index (χ1) is 10.9. The molecule has 2 unspecified atom stereocenters. The van der Waals surface area contributed by atoms with Gasteiger partial charge in [-0.15, -0.1) is 0 Å². The standard InChI is InChI=1S/C17H26N2O4/c1-5-14(13-9-7-8-10-15(13)23-6-2)18-16(20)11-19(4)12(3)17(21)22/h7-10,12,14H,5-6,11H2,1-4H3,(H,18,20)(H,21,22). The van der Waals surface area contributed by atoms with Crippen LogP contribution in [-0.4, -0.2) is 48.1 Å². The van der Waals surface area contributed by atoms with E-state index < -0.39 is 12.0 Å². The maximum Gasteiger partial charge on any atom is 0.320 e. The Bertz CT molecular complexity index is 533. The molecule has 2 N–H and O–H groups in total. The summed E-state index contributed by atoms with van der Waals surface area (Å²) in [5.74, 6) is -0.401. The van der Waals surface area contributed by atoms with Gasteiger partial charge in [-0.1, -0.05) is 25.1 Å². The number of para-hydroxylation sites is 1. The lowest BCUT2D eigenvalue weighted by molar-refractivity contribution is -0.142. The van der Waals surface area contributed by atoms with Crippen molar-refractivity contribution in [3.63, 3.8) is 0 Å². The van der Waals surface area contributed by atoms with Crippen molar-refractivity contribution in [1.29, 1.82) is 0 Å². The minimum absolute atomic E-state index is 0.0285. The van der Waals surface area contributed by atoms with Crippen LogP contribution in [0.5, 0.6) is 5.75 Å². The van der Waals surface area contributed by atoms with E-state index in [0.29, 0.717) is 13.0 Å². The molecule has 0 heterocycles. The predicted molar refractivity (Wildman–Crippen MR) is 88.5 cm³/mol. The van der Waals surface area contributed by atoms with Crippen molar-refractivity contribution in [2.75, 3.05) is 20.2 Å². The lowest BCUT2D eigenvalue weighted by Crippen LogP contribution is -2.43. The van der Waals surface area contributed by atoms with Crippen molar-refractivity contribution in [3.05, 3.63) is 29.8 Å². The van der Waals surface area contributed by atoms with Gasteiger partial charge in [-0.25, -0.2) is 0 Å². The van der Waals surface area contributed by atoms with E-state index >= 15 is 0 Å². The number of amides is 1. The molecule has 0 aliphatic carbocycles. The van der Waals surface area contributed by atoms with Crippen LogP contribution in [0.1, 0.15) is 38.8 Å². The lowest BCUT2D eigenvalue weighted by Gasteiger charge is -2.24. The number of rotatable bonds is 9. The number of nitrogens with zero attached hydrogens (tertiary/aromatic N) is 1. The summed E-state index contributed by atoms with van der Waals surface area (Å²) in [6.45, 7) is 6.04. The maximum atomic E-state index is 12.2. The molecule has 0 saturated heterocycles. The molecule has 6 heteroatoms. The van der Waals surface area contributed by atoms with Gasteiger partial charge in [-0.3, -0.25) is 14.5 Å². The SMILES string of the molecule is CCOc1ccccc1C(CC)NC(=O)CN(C)C(C)C(=O)O. The molecule has 0 radical (unpaired) electrons. The molecular weight excluding hydrogens is 296 g/mol. The fourth-order valence-electron chi connectivity index (χ4n) is 2.25. The molecule has 1 amide bonds. The first-order valence-corrected chi connectivity index (χ1v) is 7.84. The molecule has 0 spiro atoms. The Kier molecular flexibility index (Phi) is 7.54. The van der Waals surface area contributed by atoms with Crippen LogP contribution in [0.3, 0.4) is 0 Å². The monoisotopic (exact) mass is 322 g/mol. The van der Waals surface area contributed by atoms with Crippen LogP contribution in [0.4, 0.5) is 0 Å². The molecule has 23 heavy (non-hydrogen) atoms. The van der Waals surface area contributed by atoms with Crippen molar-refractivity contribution in [2.45, 2.75) is 39.3 Å². The summed E-state index contributed by atoms with van der Waals surface area (Å²) in [6.07, 6.45) is 0.716. The number of carbonyl (C=O) groups excluding carboxylic acids is 1. The van der Waals surface area contributed by atoms with Crippen molar-refractivity contribution in [1.82, 2.24) is 10.2 Å². The average Bonchev–Trinajstić information content (AvgIpc) is 2.52. The zero-order chi connectivity index (χ0) is 17.4. The second kappa shape index (κ2) is 9.15. The fourth-order valence-corrected chi connectivity index (χ4v) is 2.25. The minimum Gasteiger partial charge on any atom is -0.494 e. The Hall–Kier alpha value is -2.08. The molecule has 0 aliphatic rings. The summed E-state index contributed by atoms with van der Waals surface area (Å²) in [7, 11) is 1.62. The third kappa shape index (κ3) is 5.56. The fraction of sp³-hybridized carbons (Fsp3) is 0.529. The van der Waals surface area contributed by atoms with E-state index in [9.17, 15) is 9.59 Å². The first kappa shape index (κ1) is 19.0. The lowest BCUT2D eigenvalue weighted by atomic mass is 10.0. The van der Waals surface area contributed by atoms with Crippen molar-refractivity contribution in [2.24, 2.45) is 0 Å². The van der Waals surface area contributed by atoms with E-state index in [2.05, 4.69) is 5.32 Å². The number of aliphatic carboxylic acids is 1. The number of hydrogen-bond acceptors (Lipinski definition) is 4. The summed E-state index contributed by atoms with van der Waals surface area (Å²) in [5.41, 5.74) is 0.930. The summed E-state index contributed by atoms with van der Waals surface area (Å²) < 4.78 is 5.61. The van der Waals surface area contributed by atoms with Crippen LogP contribution in [0.2, 0.25) is 0 Å². The molecule has 128 valence electrons. The highest BCUT2D eigenvalue weighted by Gasteiger charge is 2.21. The zero-order valence-corrected chi connectivity index (χ0v) is 14.2. The molecular formula is C17H26N2O4. The average molecular weight is 322 g/mol. The van der Waals surface area contributed by atoms with Crippen LogP contribution < -0.4 is 10.1 Å². The van der Waals surface area contributed by atoms with Crippen LogP contribution in [-0.2, 0) is 9.59 Å². The molecule has 0 saturated carbocycles. The van der Waals surface area contributed by atoms with E-state index in [4.69, 9.17) is 9.84 Å². The zero-order valence-electron chi connectivity index (χ0n) is 14.2. The number of likely N-dealkylation sites (N-methyl/N-ethyl adjacent to an activating group) is 1. The Morgan fingerprint density at radius 3 is 2.52 bits per heavy atom. The van der Waals surface area contributed by atoms with Crippen LogP contribution >= 0.6 is 0 Å². The molecule has 2 atom stereocenters. The van der Waals surface area contributed by atoms with E-state index in [1.165, 1.54) is 4.90 Å². The van der Waals surface area contributed by atoms with Gasteiger partial charge in [0.1, 0.15) is 11.8 Å². The van der Waals surface area contributed by atoms with Gasteiger partial charge in [0.05, 0.1) is 19.2 Å². The topological polar surface area (TPSA) is 78.9 Å². The summed E-state index contributed by atoms with van der Waals surface area (Å²) in [5, 5.41) is 11.9. The molecule has 6 nitrogen and oxygen atoms in total. The second-order valence-corrected chi connectivity index (χ2v) is 5.43. The first-order valence-electron chi connectivity index (χ1n) is 7.84. The minimum atomic E-state index is -0.950. The van der Waals surface area contributed by atoms with E-state index in [1.807, 2.05) is 38.1 Å². The quantitative estimate of drug-likeness (QED) is 0.727. The highest BCUT2D eigenvalue weighted by atomic mass is 16.5. The molecule has 1 rings (SSSR count). The largest absolute Gasteiger partial charge is 0.494 e. The van der Waals surface area contributed by atoms with Crippen LogP contribution in [0.25, 0.3) is 0 Å². The maximum absolute atomic E-state index is 12.2. The number of carboxylic acids is 1. The van der Waals surface area contributed by atoms with Gasteiger partial charge in [0.2, 0.25) is 5.91 Å². The number of benzene rings is 1. The van der Waals surface area contributed by atoms with Crippen molar-refractivity contribution < 1.29 is 19.4 Å². The summed E-state index contributed by atoms with van der Waals surface area (Å²) in [4.78, 5) is 24.7. The van der Waals surface area contributed by atoms with E-state index in [1.54, 1.807) is 14.0 Å². The number of ether oxygens (including phenoxy) is 1. The van der Waals surface area contributed by atoms with Crippen molar-refractivity contribution >= 4 is 11.9 Å². The molecule has 1 aromatic carbocycles. The molecule has 1 aromatic rings. The van der Waals surface area contributed by atoms with Gasteiger partial charge in [0.25, 0.3) is 0 Å². The van der Waals surface area contributed by atoms with Gasteiger partial charge in [-0.05, 0) is 33.4 Å². The van der Waals surface area contributed by atoms with Gasteiger partial charge in [0.15, 0.2) is 0 Å². The van der Waals surface area contributed by atoms with Gasteiger partial charge >= 0.3 is 5.97 Å². The van der Waals surface area contributed by atoms with E-state index in [0.717, 1.165) is 11.3 Å². The summed E-state index contributed by atoms with van der Waals surface area (Å²) in [6, 6.07) is 6.74. The van der Waals surface area contributed by atoms with Gasteiger partial charge in [-0.2, -0.15) is 0 Å². The number of carboxylic acid groups (broad SMARTS) is 1. The van der Waals surface area contributed by atoms with E-state index in [-0.39, 0.29) is 18.5 Å². The predicted octanol–water partition coefficient (Wildman–Crippen LogP) is 2.06. The second-order valence-electron chi connectivity index (χ2n) is 5.43. The third-order valence-electron chi connectivity index (χ3n) is 3.75. The highest BCUT2D eigenvalue weighted by Crippen LogP contribution is 2.27. The van der Waals surface area contributed by atoms with Gasteiger partial charge in [0, 0.05) is 5.56 Å². The molecule has 0 aromatic heterocycles. The highest BCUT2D eigenvalue weighted by molar-refractivity contribution is 5.80. The number of nitrogens with one attached hydrogen (secondary N) is 1. The Morgan fingerprint density at radius 1 is 1.30 bits per heavy atom. The molecule has 0 bridgehead atoms. The Morgan fingerprint density at radius 2 is 1.96 bits per heavy atom. The molecule has 0 fully saturated rings. The summed E-state index contributed by atoms with van der Waals surface area (Å²) >= 11 is 0. The number of carbonyl (C=O) groups is 2. The smallest absolute Gasteiger partial charge is 0.320 e. The number of hydrogen-bond donors (Lipinski definition) is 2. The molecule has 0 aliphatic heterocycles. The Labute approximate surface area is 137 Å². The van der Waals surface area contributed by atoms with Crippen LogP contribution in [0, 0.1) is 0 Å². The normalized spacial score (nSPS) is 13.4. The van der Waals surface area contributed by atoms with Crippen LogP contribution in [0.15, 0.2) is 24.3 Å². The third-order valence-corrected chi connectivity index (χ3v) is 3.75. The Balaban J connectivity index is 2.76. The van der Waals surface area contributed by atoms with Gasteiger partial charge < -0.3 is 15.2 Å².